The van der Waals surface area contributed by atoms with E-state index in [1.165, 1.54) is 0 Å². The summed E-state index contributed by atoms with van der Waals surface area (Å²) in [6.07, 6.45) is 0.430. The fraction of sp³-hybridized carbons (Fsp3) is 0.500. The van der Waals surface area contributed by atoms with E-state index < -0.39 is 5.97 Å². The molecule has 1 heterocycles. The minimum atomic E-state index is -0.893. The van der Waals surface area contributed by atoms with Gasteiger partial charge >= 0.3 is 5.97 Å². The molecule has 1 saturated heterocycles. The molecule has 21 heavy (non-hydrogen) atoms. The third-order valence-corrected chi connectivity index (χ3v) is 3.99. The van der Waals surface area contributed by atoms with Crippen LogP contribution in [0.25, 0.3) is 0 Å². The van der Waals surface area contributed by atoms with E-state index in [4.69, 9.17) is 9.84 Å². The van der Waals surface area contributed by atoms with E-state index in [2.05, 4.69) is 0 Å². The second-order valence-corrected chi connectivity index (χ2v) is 5.62. The van der Waals surface area contributed by atoms with E-state index in [0.29, 0.717) is 18.5 Å². The highest BCUT2D eigenvalue weighted by molar-refractivity contribution is 5.96. The van der Waals surface area contributed by atoms with Crippen LogP contribution in [-0.4, -0.2) is 47.7 Å². The van der Waals surface area contributed by atoms with Crippen LogP contribution in [0.5, 0.6) is 0 Å². The number of amides is 1. The number of ether oxygens (including phenoxy) is 1. The normalized spacial score (nSPS) is 21.6. The van der Waals surface area contributed by atoms with Gasteiger partial charge in [0.05, 0.1) is 12.5 Å². The van der Waals surface area contributed by atoms with Gasteiger partial charge in [-0.05, 0) is 31.9 Å². The molecule has 2 rings (SSSR count). The van der Waals surface area contributed by atoms with Gasteiger partial charge in [0.25, 0.3) is 5.91 Å². The second-order valence-electron chi connectivity index (χ2n) is 5.62. The summed E-state index contributed by atoms with van der Waals surface area (Å²) in [6.45, 7) is 4.32. The van der Waals surface area contributed by atoms with Crippen molar-refractivity contribution in [3.8, 4) is 0 Å². The van der Waals surface area contributed by atoms with Gasteiger partial charge in [-0.25, -0.2) is 0 Å². The summed E-state index contributed by atoms with van der Waals surface area (Å²) >= 11 is 0. The number of likely N-dealkylation sites (tertiary alicyclic amines) is 1. The molecule has 0 aromatic heterocycles. The Balaban J connectivity index is 2.24. The fourth-order valence-electron chi connectivity index (χ4n) is 2.90. The highest BCUT2D eigenvalue weighted by Gasteiger charge is 2.37. The molecule has 0 bridgehead atoms. The topological polar surface area (TPSA) is 66.8 Å². The zero-order chi connectivity index (χ0) is 15.6. The maximum Gasteiger partial charge on any atom is 0.305 e. The standard InChI is InChI=1S/C16H21NO4/c1-10-4-5-14(11(2)6-10)16(20)17-9-13(21-3)7-12(17)8-15(18)19/h4-6,12-13H,7-9H2,1-3H3,(H,18,19). The van der Waals surface area contributed by atoms with Crippen LogP contribution >= 0.6 is 0 Å². The summed E-state index contributed by atoms with van der Waals surface area (Å²) in [5.41, 5.74) is 2.64. The Morgan fingerprint density at radius 1 is 1.38 bits per heavy atom. The van der Waals surface area contributed by atoms with Gasteiger partial charge in [-0.2, -0.15) is 0 Å². The zero-order valence-electron chi connectivity index (χ0n) is 12.6. The number of aryl methyl sites for hydroxylation is 2. The first kappa shape index (κ1) is 15.5. The predicted octanol–water partition coefficient (Wildman–Crippen LogP) is 2.01. The Hall–Kier alpha value is -1.88. The van der Waals surface area contributed by atoms with Gasteiger partial charge in [0.2, 0.25) is 0 Å². The van der Waals surface area contributed by atoms with Crippen LogP contribution < -0.4 is 0 Å². The van der Waals surface area contributed by atoms with Gasteiger partial charge < -0.3 is 14.7 Å². The molecule has 1 aliphatic rings. The molecule has 1 aromatic carbocycles. The Labute approximate surface area is 124 Å². The number of hydrogen-bond acceptors (Lipinski definition) is 3. The van der Waals surface area contributed by atoms with Crippen LogP contribution in [0, 0.1) is 13.8 Å². The molecule has 5 heteroatoms. The molecular formula is C16H21NO4. The molecule has 1 amide bonds. The molecule has 0 spiro atoms. The summed E-state index contributed by atoms with van der Waals surface area (Å²) in [4.78, 5) is 25.3. The summed E-state index contributed by atoms with van der Waals surface area (Å²) in [6, 6.07) is 5.37. The van der Waals surface area contributed by atoms with Crippen LogP contribution in [0.4, 0.5) is 0 Å². The third kappa shape index (κ3) is 3.42. The van der Waals surface area contributed by atoms with Crippen LogP contribution in [-0.2, 0) is 9.53 Å². The van der Waals surface area contributed by atoms with Crippen molar-refractivity contribution in [3.63, 3.8) is 0 Å². The van der Waals surface area contributed by atoms with E-state index in [-0.39, 0.29) is 24.5 Å². The van der Waals surface area contributed by atoms with Crippen molar-refractivity contribution >= 4 is 11.9 Å². The number of carbonyl (C=O) groups excluding carboxylic acids is 1. The smallest absolute Gasteiger partial charge is 0.305 e. The molecule has 0 aliphatic carbocycles. The molecule has 1 aliphatic heterocycles. The number of carbonyl (C=O) groups is 2. The van der Waals surface area contributed by atoms with Gasteiger partial charge in [-0.3, -0.25) is 9.59 Å². The first-order chi connectivity index (χ1) is 9.92. The average molecular weight is 291 g/mol. The highest BCUT2D eigenvalue weighted by Crippen LogP contribution is 2.25. The maximum absolute atomic E-state index is 12.7. The van der Waals surface area contributed by atoms with Gasteiger partial charge in [-0.1, -0.05) is 17.7 Å². The first-order valence-electron chi connectivity index (χ1n) is 7.05. The number of benzene rings is 1. The molecule has 0 radical (unpaired) electrons. The number of nitrogens with zero attached hydrogens (tertiary/aromatic N) is 1. The molecule has 114 valence electrons. The van der Waals surface area contributed by atoms with Crippen LogP contribution in [0.15, 0.2) is 18.2 Å². The number of carboxylic acid groups (broad SMARTS) is 1. The van der Waals surface area contributed by atoms with Gasteiger partial charge in [0, 0.05) is 25.3 Å². The summed E-state index contributed by atoms with van der Waals surface area (Å²) in [7, 11) is 1.59. The van der Waals surface area contributed by atoms with Crippen molar-refractivity contribution in [3.05, 3.63) is 34.9 Å². The number of carboxylic acids is 1. The Kier molecular flexibility index (Phi) is 4.63. The van der Waals surface area contributed by atoms with E-state index in [1.807, 2.05) is 32.0 Å². The summed E-state index contributed by atoms with van der Waals surface area (Å²) in [5.74, 6) is -1.01. The average Bonchev–Trinajstić information content (AvgIpc) is 2.80. The van der Waals surface area contributed by atoms with E-state index in [1.54, 1.807) is 12.0 Å². The van der Waals surface area contributed by atoms with Crippen LogP contribution in [0.3, 0.4) is 0 Å². The van der Waals surface area contributed by atoms with Crippen molar-refractivity contribution in [2.45, 2.75) is 38.8 Å². The van der Waals surface area contributed by atoms with Crippen LogP contribution in [0.1, 0.15) is 34.3 Å². The maximum atomic E-state index is 12.7. The lowest BCUT2D eigenvalue weighted by molar-refractivity contribution is -0.137. The number of methoxy groups -OCH3 is 1. The zero-order valence-corrected chi connectivity index (χ0v) is 12.6. The molecule has 1 aromatic rings. The quantitative estimate of drug-likeness (QED) is 0.921. The van der Waals surface area contributed by atoms with Crippen molar-refractivity contribution in [1.82, 2.24) is 4.90 Å². The van der Waals surface area contributed by atoms with E-state index >= 15 is 0 Å². The summed E-state index contributed by atoms with van der Waals surface area (Å²) in [5, 5.41) is 9.02. The lowest BCUT2D eigenvalue weighted by atomic mass is 10.0. The van der Waals surface area contributed by atoms with E-state index in [0.717, 1.165) is 11.1 Å². The predicted molar refractivity (Wildman–Crippen MR) is 78.4 cm³/mol. The monoisotopic (exact) mass is 291 g/mol. The van der Waals surface area contributed by atoms with Crippen molar-refractivity contribution < 1.29 is 19.4 Å². The Morgan fingerprint density at radius 2 is 2.10 bits per heavy atom. The lowest BCUT2D eigenvalue weighted by Gasteiger charge is -2.24. The number of aliphatic carboxylic acids is 1. The molecule has 2 atom stereocenters. The van der Waals surface area contributed by atoms with Crippen LogP contribution in [0.2, 0.25) is 0 Å². The van der Waals surface area contributed by atoms with Crippen molar-refractivity contribution in [2.24, 2.45) is 0 Å². The van der Waals surface area contributed by atoms with Gasteiger partial charge in [0.1, 0.15) is 0 Å². The number of rotatable bonds is 4. The van der Waals surface area contributed by atoms with Gasteiger partial charge in [0.15, 0.2) is 0 Å². The Bertz CT molecular complexity index is 555. The molecule has 1 fully saturated rings. The van der Waals surface area contributed by atoms with Gasteiger partial charge in [-0.15, -0.1) is 0 Å². The number of hydrogen-bond donors (Lipinski definition) is 1. The molecule has 0 saturated carbocycles. The molecule has 5 nitrogen and oxygen atoms in total. The molecule has 2 unspecified atom stereocenters. The van der Waals surface area contributed by atoms with Crippen molar-refractivity contribution in [1.29, 1.82) is 0 Å². The summed E-state index contributed by atoms with van der Waals surface area (Å²) < 4.78 is 5.30. The highest BCUT2D eigenvalue weighted by atomic mass is 16.5. The Morgan fingerprint density at radius 3 is 2.67 bits per heavy atom. The molecular weight excluding hydrogens is 270 g/mol. The minimum absolute atomic E-state index is 0.0451. The third-order valence-electron chi connectivity index (χ3n) is 3.99. The minimum Gasteiger partial charge on any atom is -0.481 e. The first-order valence-corrected chi connectivity index (χ1v) is 7.05. The molecule has 1 N–H and O–H groups in total. The lowest BCUT2D eigenvalue weighted by Crippen LogP contribution is -2.37. The van der Waals surface area contributed by atoms with Crippen molar-refractivity contribution in [2.75, 3.05) is 13.7 Å². The van der Waals surface area contributed by atoms with E-state index in [9.17, 15) is 9.59 Å². The SMILES string of the molecule is COC1CC(CC(=O)O)N(C(=O)c2ccc(C)cc2C)C1. The largest absolute Gasteiger partial charge is 0.481 e. The fourth-order valence-corrected chi connectivity index (χ4v) is 2.90. The second kappa shape index (κ2) is 6.26.